The van der Waals surface area contributed by atoms with Crippen molar-refractivity contribution in [2.24, 2.45) is 0 Å². The van der Waals surface area contributed by atoms with Crippen molar-refractivity contribution in [1.82, 2.24) is 15.2 Å². The van der Waals surface area contributed by atoms with Gasteiger partial charge in [0, 0.05) is 23.8 Å². The van der Waals surface area contributed by atoms with Gasteiger partial charge in [0.1, 0.15) is 11.7 Å². The molecule has 1 aliphatic heterocycles. The quantitative estimate of drug-likeness (QED) is 0.860. The van der Waals surface area contributed by atoms with E-state index in [1.54, 1.807) is 17.2 Å². The van der Waals surface area contributed by atoms with Gasteiger partial charge in [-0.3, -0.25) is 9.59 Å². The highest BCUT2D eigenvalue weighted by molar-refractivity contribution is 9.10. The Bertz CT molecular complexity index is 489. The maximum Gasteiger partial charge on any atom is 0.271 e. The van der Waals surface area contributed by atoms with Gasteiger partial charge in [-0.1, -0.05) is 6.92 Å². The molecule has 0 spiro atoms. The van der Waals surface area contributed by atoms with Crippen molar-refractivity contribution in [3.05, 3.63) is 22.4 Å². The Balaban J connectivity index is 2.10. The van der Waals surface area contributed by atoms with E-state index < -0.39 is 6.04 Å². The number of nitrogens with one attached hydrogen (secondary N) is 2. The number of morpholine rings is 1. The summed E-state index contributed by atoms with van der Waals surface area (Å²) in [7, 11) is 0. The zero-order chi connectivity index (χ0) is 14.5. The van der Waals surface area contributed by atoms with Crippen molar-refractivity contribution in [1.29, 1.82) is 0 Å². The van der Waals surface area contributed by atoms with Gasteiger partial charge in [-0.15, -0.1) is 0 Å². The van der Waals surface area contributed by atoms with Crippen LogP contribution in [0.15, 0.2) is 16.7 Å². The largest absolute Gasteiger partial charge is 0.377 e. The molecule has 20 heavy (non-hydrogen) atoms. The summed E-state index contributed by atoms with van der Waals surface area (Å²) in [4.78, 5) is 29.0. The van der Waals surface area contributed by atoms with Crippen LogP contribution in [0, 0.1) is 0 Å². The van der Waals surface area contributed by atoms with Crippen molar-refractivity contribution in [2.45, 2.75) is 19.4 Å². The number of H-pyrrole nitrogens is 1. The number of amides is 2. The van der Waals surface area contributed by atoms with Gasteiger partial charge < -0.3 is 19.9 Å². The number of rotatable bonds is 4. The normalized spacial score (nSPS) is 18.9. The molecule has 0 bridgehead atoms. The van der Waals surface area contributed by atoms with E-state index >= 15 is 0 Å². The highest BCUT2D eigenvalue weighted by Gasteiger charge is 2.33. The zero-order valence-corrected chi connectivity index (χ0v) is 12.9. The van der Waals surface area contributed by atoms with E-state index in [-0.39, 0.29) is 18.4 Å². The molecule has 1 atom stereocenters. The van der Waals surface area contributed by atoms with Crippen molar-refractivity contribution in [3.8, 4) is 0 Å². The SMILES string of the molecule is CCCNC(=O)C1COCCN1C(=O)c1cc(Br)c[nH]1. The van der Waals surface area contributed by atoms with E-state index in [2.05, 4.69) is 26.2 Å². The Labute approximate surface area is 126 Å². The molecule has 6 nitrogen and oxygen atoms in total. The minimum absolute atomic E-state index is 0.162. The molecule has 0 radical (unpaired) electrons. The highest BCUT2D eigenvalue weighted by Crippen LogP contribution is 2.16. The minimum Gasteiger partial charge on any atom is -0.377 e. The fourth-order valence-electron chi connectivity index (χ4n) is 2.08. The number of ether oxygens (including phenoxy) is 1. The highest BCUT2D eigenvalue weighted by atomic mass is 79.9. The fourth-order valence-corrected chi connectivity index (χ4v) is 2.42. The van der Waals surface area contributed by atoms with Crippen molar-refractivity contribution < 1.29 is 14.3 Å². The molecule has 0 aromatic carbocycles. The lowest BCUT2D eigenvalue weighted by Gasteiger charge is -2.34. The first-order chi connectivity index (χ1) is 9.63. The van der Waals surface area contributed by atoms with Gasteiger partial charge >= 0.3 is 0 Å². The Morgan fingerprint density at radius 3 is 3.05 bits per heavy atom. The molecule has 0 saturated carbocycles. The Kier molecular flexibility index (Phi) is 5.19. The molecule has 1 aliphatic rings. The summed E-state index contributed by atoms with van der Waals surface area (Å²) in [5.74, 6) is -0.346. The number of carbonyl (C=O) groups is 2. The van der Waals surface area contributed by atoms with Crippen LogP contribution in [0.5, 0.6) is 0 Å². The molecular formula is C13H18BrN3O3. The molecule has 1 fully saturated rings. The number of halogens is 1. The number of hydrogen-bond acceptors (Lipinski definition) is 3. The van der Waals surface area contributed by atoms with Crippen LogP contribution in [0.2, 0.25) is 0 Å². The summed E-state index contributed by atoms with van der Waals surface area (Å²) in [6, 6.07) is 1.14. The molecule has 7 heteroatoms. The summed E-state index contributed by atoms with van der Waals surface area (Å²) in [6.07, 6.45) is 2.55. The fraction of sp³-hybridized carbons (Fsp3) is 0.538. The van der Waals surface area contributed by atoms with Gasteiger partial charge in [0.25, 0.3) is 5.91 Å². The summed E-state index contributed by atoms with van der Waals surface area (Å²) in [6.45, 7) is 3.69. The van der Waals surface area contributed by atoms with E-state index in [9.17, 15) is 9.59 Å². The van der Waals surface area contributed by atoms with E-state index in [4.69, 9.17) is 4.74 Å². The molecule has 2 amide bonds. The summed E-state index contributed by atoms with van der Waals surface area (Å²) >= 11 is 3.30. The number of aromatic nitrogens is 1. The Hall–Kier alpha value is -1.34. The lowest BCUT2D eigenvalue weighted by Crippen LogP contribution is -2.56. The molecular weight excluding hydrogens is 326 g/mol. The molecule has 2 rings (SSSR count). The average molecular weight is 344 g/mol. The van der Waals surface area contributed by atoms with Gasteiger partial charge in [-0.25, -0.2) is 0 Å². The molecule has 1 aromatic heterocycles. The lowest BCUT2D eigenvalue weighted by atomic mass is 10.2. The Morgan fingerprint density at radius 1 is 1.60 bits per heavy atom. The van der Waals surface area contributed by atoms with Gasteiger partial charge in [0.15, 0.2) is 0 Å². The lowest BCUT2D eigenvalue weighted by molar-refractivity contribution is -0.130. The second-order valence-corrected chi connectivity index (χ2v) is 5.53. The smallest absolute Gasteiger partial charge is 0.271 e. The van der Waals surface area contributed by atoms with Crippen molar-refractivity contribution in [3.63, 3.8) is 0 Å². The second-order valence-electron chi connectivity index (χ2n) is 4.61. The van der Waals surface area contributed by atoms with Crippen LogP contribution in [-0.4, -0.2) is 54.0 Å². The first-order valence-corrected chi connectivity index (χ1v) is 7.43. The van der Waals surface area contributed by atoms with Gasteiger partial charge in [0.05, 0.1) is 13.2 Å². The van der Waals surface area contributed by atoms with E-state index in [0.29, 0.717) is 25.4 Å². The second kappa shape index (κ2) is 6.90. The van der Waals surface area contributed by atoms with Crippen LogP contribution in [0.25, 0.3) is 0 Å². The predicted octanol–water partition coefficient (Wildman–Crippen LogP) is 1.14. The molecule has 1 aromatic rings. The third kappa shape index (κ3) is 3.40. The maximum absolute atomic E-state index is 12.4. The first kappa shape index (κ1) is 15.1. The minimum atomic E-state index is -0.565. The van der Waals surface area contributed by atoms with Gasteiger partial charge in [0.2, 0.25) is 5.91 Å². The Morgan fingerprint density at radius 2 is 2.40 bits per heavy atom. The van der Waals surface area contributed by atoms with Crippen LogP contribution in [0.4, 0.5) is 0 Å². The van der Waals surface area contributed by atoms with E-state index in [0.717, 1.165) is 10.9 Å². The third-order valence-corrected chi connectivity index (χ3v) is 3.58. The molecule has 0 aliphatic carbocycles. The maximum atomic E-state index is 12.4. The molecule has 110 valence electrons. The average Bonchev–Trinajstić information content (AvgIpc) is 2.90. The number of hydrogen-bond donors (Lipinski definition) is 2. The monoisotopic (exact) mass is 343 g/mol. The summed E-state index contributed by atoms with van der Waals surface area (Å²) < 4.78 is 6.14. The van der Waals surface area contributed by atoms with Crippen LogP contribution in [-0.2, 0) is 9.53 Å². The van der Waals surface area contributed by atoms with Gasteiger partial charge in [-0.05, 0) is 28.4 Å². The third-order valence-electron chi connectivity index (χ3n) is 3.12. The molecule has 1 unspecified atom stereocenters. The number of aromatic amines is 1. The number of nitrogens with zero attached hydrogens (tertiary/aromatic N) is 1. The van der Waals surface area contributed by atoms with Crippen molar-refractivity contribution in [2.75, 3.05) is 26.3 Å². The molecule has 2 heterocycles. The van der Waals surface area contributed by atoms with Crippen molar-refractivity contribution >= 4 is 27.7 Å². The van der Waals surface area contributed by atoms with Crippen LogP contribution in [0.3, 0.4) is 0 Å². The number of carbonyl (C=O) groups excluding carboxylic acids is 2. The van der Waals surface area contributed by atoms with Crippen LogP contribution < -0.4 is 5.32 Å². The topological polar surface area (TPSA) is 74.4 Å². The van der Waals surface area contributed by atoms with Crippen LogP contribution >= 0.6 is 15.9 Å². The standard InChI is InChI=1S/C13H18BrN3O3/c1-2-3-15-12(18)11-8-20-5-4-17(11)13(19)10-6-9(14)7-16-10/h6-7,11,16H,2-5,8H2,1H3,(H,15,18). The molecule has 1 saturated heterocycles. The zero-order valence-electron chi connectivity index (χ0n) is 11.3. The van der Waals surface area contributed by atoms with Crippen LogP contribution in [0.1, 0.15) is 23.8 Å². The summed E-state index contributed by atoms with van der Waals surface area (Å²) in [5.41, 5.74) is 0.465. The van der Waals surface area contributed by atoms with E-state index in [1.165, 1.54) is 0 Å². The summed E-state index contributed by atoms with van der Waals surface area (Å²) in [5, 5.41) is 2.81. The predicted molar refractivity (Wildman–Crippen MR) is 77.4 cm³/mol. The van der Waals surface area contributed by atoms with E-state index in [1.807, 2.05) is 6.92 Å². The molecule has 2 N–H and O–H groups in total. The first-order valence-electron chi connectivity index (χ1n) is 6.63. The van der Waals surface area contributed by atoms with Gasteiger partial charge in [-0.2, -0.15) is 0 Å².